The van der Waals surface area contributed by atoms with Crippen LogP contribution < -0.4 is 0 Å². The van der Waals surface area contributed by atoms with Gasteiger partial charge in [-0.3, -0.25) is 5.41 Å². The van der Waals surface area contributed by atoms with E-state index in [1.807, 2.05) is 0 Å². The molecule has 0 heterocycles. The first-order valence-electron chi connectivity index (χ1n) is 3.01. The lowest BCUT2D eigenvalue weighted by molar-refractivity contribution is 0.687. The first kappa shape index (κ1) is 8.76. The summed E-state index contributed by atoms with van der Waals surface area (Å²) in [4.78, 5) is 0. The molecule has 0 saturated carbocycles. The van der Waals surface area contributed by atoms with Gasteiger partial charge in [0.1, 0.15) is 0 Å². The Bertz CT molecular complexity index is 107. The van der Waals surface area contributed by atoms with E-state index in [9.17, 15) is 0 Å². The summed E-state index contributed by atoms with van der Waals surface area (Å²) in [5.41, 5.74) is 0. The molecule has 0 spiro atoms. The quantitative estimate of drug-likeness (QED) is 0.476. The summed E-state index contributed by atoms with van der Waals surface area (Å²) < 4.78 is 0. The molecule has 0 aliphatic carbocycles. The van der Waals surface area contributed by atoms with Crippen molar-refractivity contribution < 1.29 is 0 Å². The maximum Gasteiger partial charge on any atom is 0.0685 e. The maximum atomic E-state index is 7.31. The van der Waals surface area contributed by atoms with Crippen LogP contribution >= 0.6 is 11.8 Å². The Morgan fingerprint density at radius 3 is 2.67 bits per heavy atom. The molecule has 0 aromatic carbocycles. The van der Waals surface area contributed by atoms with E-state index in [-0.39, 0.29) is 0 Å². The van der Waals surface area contributed by atoms with E-state index >= 15 is 0 Å². The van der Waals surface area contributed by atoms with Crippen LogP contribution in [0.25, 0.3) is 0 Å². The monoisotopic (exact) mass is 143 g/mol. The third-order valence-corrected chi connectivity index (χ3v) is 1.44. The van der Waals surface area contributed by atoms with E-state index in [1.54, 1.807) is 5.41 Å². The van der Waals surface area contributed by atoms with Gasteiger partial charge in [-0.25, -0.2) is 0 Å². The number of hydrogen-bond acceptors (Lipinski definition) is 2. The smallest absolute Gasteiger partial charge is 0.0685 e. The van der Waals surface area contributed by atoms with Crippen LogP contribution in [0.2, 0.25) is 0 Å². The van der Waals surface area contributed by atoms with Crippen LogP contribution in [-0.2, 0) is 0 Å². The largest absolute Gasteiger partial charge is 0.298 e. The predicted molar refractivity (Wildman–Crippen MR) is 45.0 cm³/mol. The Labute approximate surface area is 61.0 Å². The molecule has 0 atom stereocenters. The molecule has 0 amide bonds. The summed E-state index contributed by atoms with van der Waals surface area (Å²) in [6.45, 7) is 7.75. The van der Waals surface area contributed by atoms with E-state index in [0.29, 0.717) is 11.0 Å². The molecule has 0 aliphatic heterocycles. The van der Waals surface area contributed by atoms with Crippen molar-refractivity contribution in [2.24, 2.45) is 5.92 Å². The van der Waals surface area contributed by atoms with Gasteiger partial charge in [0.15, 0.2) is 0 Å². The zero-order valence-electron chi connectivity index (χ0n) is 5.98. The van der Waals surface area contributed by atoms with Crippen LogP contribution in [-0.4, -0.2) is 5.04 Å². The molecular formula is C7H13NS. The van der Waals surface area contributed by atoms with Crippen LogP contribution in [0.1, 0.15) is 20.3 Å². The molecular weight excluding hydrogens is 130 g/mol. The van der Waals surface area contributed by atoms with Crippen LogP contribution in [0.5, 0.6) is 0 Å². The molecule has 0 radical (unpaired) electrons. The predicted octanol–water partition coefficient (Wildman–Crippen LogP) is 2.89. The third kappa shape index (κ3) is 5.63. The van der Waals surface area contributed by atoms with Crippen molar-refractivity contribution >= 4 is 16.8 Å². The van der Waals surface area contributed by atoms with Crippen LogP contribution in [0.3, 0.4) is 0 Å². The first-order valence-corrected chi connectivity index (χ1v) is 3.89. The summed E-state index contributed by atoms with van der Waals surface area (Å²) in [5, 5.41) is 9.72. The topological polar surface area (TPSA) is 23.9 Å². The standard InChI is InChI=1S/C7H13NS/c1-4-9-7(8)5-6(2)3/h4,6,8H,1,5H2,2-3H3. The summed E-state index contributed by atoms with van der Waals surface area (Å²) in [6.07, 6.45) is 0.872. The van der Waals surface area contributed by atoms with Gasteiger partial charge in [0, 0.05) is 0 Å². The first-order chi connectivity index (χ1) is 4.16. The molecule has 52 valence electrons. The number of hydrogen-bond donors (Lipinski definition) is 1. The fourth-order valence-electron chi connectivity index (χ4n) is 0.519. The second-order valence-electron chi connectivity index (χ2n) is 2.31. The second kappa shape index (κ2) is 4.62. The number of rotatable bonds is 3. The average molecular weight is 143 g/mol. The fraction of sp³-hybridized carbons (Fsp3) is 0.571. The van der Waals surface area contributed by atoms with Crippen molar-refractivity contribution in [2.75, 3.05) is 0 Å². The molecule has 9 heavy (non-hydrogen) atoms. The van der Waals surface area contributed by atoms with E-state index in [4.69, 9.17) is 5.41 Å². The highest BCUT2D eigenvalue weighted by Gasteiger charge is 1.97. The highest BCUT2D eigenvalue weighted by Crippen LogP contribution is 2.11. The van der Waals surface area contributed by atoms with Gasteiger partial charge in [0.25, 0.3) is 0 Å². The van der Waals surface area contributed by atoms with E-state index in [1.165, 1.54) is 11.8 Å². The normalized spacial score (nSPS) is 9.67. The molecule has 0 unspecified atom stereocenters. The lowest BCUT2D eigenvalue weighted by atomic mass is 10.1. The van der Waals surface area contributed by atoms with Crippen molar-refractivity contribution in [3.05, 3.63) is 12.0 Å². The molecule has 1 nitrogen and oxygen atoms in total. The Balaban J connectivity index is 3.38. The molecule has 2 heteroatoms. The molecule has 0 aromatic rings. The summed E-state index contributed by atoms with van der Waals surface area (Å²) in [7, 11) is 0. The van der Waals surface area contributed by atoms with Gasteiger partial charge in [-0.05, 0) is 17.7 Å². The lowest BCUT2D eigenvalue weighted by Crippen LogP contribution is -1.94. The molecule has 0 saturated heterocycles. The molecule has 0 rings (SSSR count). The molecule has 0 aliphatic rings. The molecule has 0 aromatic heterocycles. The van der Waals surface area contributed by atoms with Gasteiger partial charge in [-0.2, -0.15) is 0 Å². The number of nitrogens with one attached hydrogen (secondary N) is 1. The maximum absolute atomic E-state index is 7.31. The second-order valence-corrected chi connectivity index (χ2v) is 3.37. The Morgan fingerprint density at radius 2 is 2.33 bits per heavy atom. The van der Waals surface area contributed by atoms with Crippen LogP contribution in [0.4, 0.5) is 0 Å². The van der Waals surface area contributed by atoms with Gasteiger partial charge >= 0.3 is 0 Å². The zero-order valence-corrected chi connectivity index (χ0v) is 6.79. The number of thioether (sulfide) groups is 1. The molecule has 1 N–H and O–H groups in total. The minimum atomic E-state index is 0.588. The van der Waals surface area contributed by atoms with Crippen molar-refractivity contribution in [1.82, 2.24) is 0 Å². The lowest BCUT2D eigenvalue weighted by Gasteiger charge is -2.01. The van der Waals surface area contributed by atoms with Gasteiger partial charge < -0.3 is 0 Å². The highest BCUT2D eigenvalue weighted by atomic mass is 32.2. The van der Waals surface area contributed by atoms with Crippen molar-refractivity contribution in [3.63, 3.8) is 0 Å². The SMILES string of the molecule is C=CSC(=N)CC(C)C. The van der Waals surface area contributed by atoms with Crippen molar-refractivity contribution in [1.29, 1.82) is 5.41 Å². The average Bonchev–Trinajstić information content (AvgIpc) is 1.63. The third-order valence-electron chi connectivity index (χ3n) is 0.819. The minimum absolute atomic E-state index is 0.588. The Morgan fingerprint density at radius 1 is 1.78 bits per heavy atom. The van der Waals surface area contributed by atoms with Crippen LogP contribution in [0, 0.1) is 11.3 Å². The zero-order chi connectivity index (χ0) is 7.28. The summed E-state index contributed by atoms with van der Waals surface area (Å²) >= 11 is 1.41. The van der Waals surface area contributed by atoms with Gasteiger partial charge in [-0.1, -0.05) is 32.2 Å². The van der Waals surface area contributed by atoms with E-state index in [0.717, 1.165) is 6.42 Å². The van der Waals surface area contributed by atoms with Gasteiger partial charge in [-0.15, -0.1) is 0 Å². The highest BCUT2D eigenvalue weighted by molar-refractivity contribution is 8.16. The Kier molecular flexibility index (Phi) is 4.50. The molecule has 0 fully saturated rings. The summed E-state index contributed by atoms with van der Waals surface area (Å²) in [5.74, 6) is 0.588. The Hall–Kier alpha value is -0.240. The van der Waals surface area contributed by atoms with E-state index in [2.05, 4.69) is 20.4 Å². The minimum Gasteiger partial charge on any atom is -0.298 e. The van der Waals surface area contributed by atoms with Gasteiger partial charge in [0.05, 0.1) is 5.04 Å². The van der Waals surface area contributed by atoms with Crippen molar-refractivity contribution in [2.45, 2.75) is 20.3 Å². The fourth-order valence-corrected chi connectivity index (χ4v) is 1.15. The summed E-state index contributed by atoms with van der Waals surface area (Å²) in [6, 6.07) is 0. The van der Waals surface area contributed by atoms with Gasteiger partial charge in [0.2, 0.25) is 0 Å². The van der Waals surface area contributed by atoms with Crippen molar-refractivity contribution in [3.8, 4) is 0 Å². The molecule has 0 bridgehead atoms. The van der Waals surface area contributed by atoms with Crippen LogP contribution in [0.15, 0.2) is 12.0 Å². The van der Waals surface area contributed by atoms with E-state index < -0.39 is 0 Å².